The Morgan fingerprint density at radius 3 is 2.33 bits per heavy atom. The van der Waals surface area contributed by atoms with Crippen LogP contribution >= 0.6 is 0 Å². The molecule has 0 heterocycles. The van der Waals surface area contributed by atoms with Gasteiger partial charge in [-0.3, -0.25) is 0 Å². The fourth-order valence-electron chi connectivity index (χ4n) is 4.36. The van der Waals surface area contributed by atoms with E-state index in [4.69, 9.17) is 0 Å². The number of hydrogen-bond acceptors (Lipinski definition) is 0. The van der Waals surface area contributed by atoms with Crippen molar-refractivity contribution in [3.8, 4) is 0 Å². The van der Waals surface area contributed by atoms with E-state index in [0.717, 1.165) is 17.8 Å². The van der Waals surface area contributed by atoms with Crippen molar-refractivity contribution >= 4 is 5.57 Å². The Bertz CT molecular complexity index is 552. The minimum absolute atomic E-state index is 0.787. The smallest absolute Gasteiger partial charge is 0.0167 e. The first-order valence-electron chi connectivity index (χ1n) is 10.2. The van der Waals surface area contributed by atoms with E-state index in [9.17, 15) is 0 Å². The van der Waals surface area contributed by atoms with E-state index in [1.54, 1.807) is 0 Å². The first-order chi connectivity index (χ1) is 11.8. The average molecular weight is 323 g/mol. The molecule has 0 radical (unpaired) electrons. The van der Waals surface area contributed by atoms with E-state index >= 15 is 0 Å². The Morgan fingerprint density at radius 2 is 1.71 bits per heavy atom. The van der Waals surface area contributed by atoms with Crippen LogP contribution in [0.2, 0.25) is 0 Å². The lowest BCUT2D eigenvalue weighted by molar-refractivity contribution is 0.240. The number of benzene rings is 1. The maximum Gasteiger partial charge on any atom is -0.0167 e. The third-order valence-corrected chi connectivity index (χ3v) is 6.16. The van der Waals surface area contributed by atoms with Crippen LogP contribution in [0.15, 0.2) is 42.5 Å². The lowest BCUT2D eigenvalue weighted by Crippen LogP contribution is -2.20. The van der Waals surface area contributed by atoms with Gasteiger partial charge in [-0.1, -0.05) is 82.0 Å². The van der Waals surface area contributed by atoms with Gasteiger partial charge in [0.1, 0.15) is 0 Å². The van der Waals surface area contributed by atoms with Crippen LogP contribution in [0, 0.1) is 17.8 Å². The minimum atomic E-state index is 0.787. The van der Waals surface area contributed by atoms with Crippen LogP contribution in [0.5, 0.6) is 0 Å². The van der Waals surface area contributed by atoms with Gasteiger partial charge in [-0.15, -0.1) is 0 Å². The number of unbranched alkanes of at least 4 members (excludes halogenated alkanes) is 2. The molecule has 0 nitrogen and oxygen atoms in total. The van der Waals surface area contributed by atoms with Crippen LogP contribution in [0.3, 0.4) is 0 Å². The van der Waals surface area contributed by atoms with E-state index in [1.165, 1.54) is 74.5 Å². The van der Waals surface area contributed by atoms with Crippen molar-refractivity contribution in [3.05, 3.63) is 53.6 Å². The molecule has 2 aliphatic carbocycles. The van der Waals surface area contributed by atoms with E-state index in [0.29, 0.717) is 0 Å². The van der Waals surface area contributed by atoms with Crippen molar-refractivity contribution in [2.45, 2.75) is 71.6 Å². The van der Waals surface area contributed by atoms with Gasteiger partial charge in [-0.05, 0) is 66.6 Å². The predicted octanol–water partition coefficient (Wildman–Crippen LogP) is 7.21. The van der Waals surface area contributed by atoms with Crippen molar-refractivity contribution in [1.82, 2.24) is 0 Å². The molecule has 1 unspecified atom stereocenters. The molecule has 1 saturated carbocycles. The zero-order chi connectivity index (χ0) is 16.8. The maximum atomic E-state index is 2.51. The lowest BCUT2D eigenvalue weighted by atomic mass is 9.74. The van der Waals surface area contributed by atoms with Crippen LogP contribution in [0.1, 0.15) is 76.3 Å². The van der Waals surface area contributed by atoms with E-state index < -0.39 is 0 Å². The molecule has 0 aromatic heterocycles. The zero-order valence-corrected chi connectivity index (χ0v) is 15.6. The topological polar surface area (TPSA) is 0 Å². The summed E-state index contributed by atoms with van der Waals surface area (Å²) in [7, 11) is 0. The Morgan fingerprint density at radius 1 is 0.958 bits per heavy atom. The van der Waals surface area contributed by atoms with E-state index in [-0.39, 0.29) is 0 Å². The van der Waals surface area contributed by atoms with Gasteiger partial charge in [0.25, 0.3) is 0 Å². The maximum absolute atomic E-state index is 2.51. The highest BCUT2D eigenvalue weighted by Crippen LogP contribution is 2.38. The second-order valence-corrected chi connectivity index (χ2v) is 8.09. The highest BCUT2D eigenvalue weighted by molar-refractivity contribution is 5.75. The third kappa shape index (κ3) is 4.62. The zero-order valence-electron chi connectivity index (χ0n) is 15.6. The molecule has 0 saturated heterocycles. The normalized spacial score (nSPS) is 27.1. The largest absolute Gasteiger partial charge is 0.0802 e. The molecule has 24 heavy (non-hydrogen) atoms. The summed E-state index contributed by atoms with van der Waals surface area (Å²) in [5, 5.41) is 0. The van der Waals surface area contributed by atoms with Gasteiger partial charge in [-0.25, -0.2) is 0 Å². The summed E-state index contributed by atoms with van der Waals surface area (Å²) >= 11 is 0. The molecule has 0 spiro atoms. The molecular formula is C24H34. The standard InChI is InChI=1S/C24H34/c1-3-4-5-6-20-9-13-22(14-10-20)24-17-15-23(16-18-24)21-11-7-19(2)8-12-21/h9-10,13-15,17-19,21,23H,3-8,11-12,16H2,1-2H3/t19-,21-,23?. The van der Waals surface area contributed by atoms with Gasteiger partial charge in [0.05, 0.1) is 0 Å². The molecule has 1 aromatic carbocycles. The van der Waals surface area contributed by atoms with Crippen molar-refractivity contribution < 1.29 is 0 Å². The Hall–Kier alpha value is -1.30. The molecule has 3 rings (SSSR count). The summed E-state index contributed by atoms with van der Waals surface area (Å²) in [6.07, 6.45) is 19.5. The molecular weight excluding hydrogens is 288 g/mol. The van der Waals surface area contributed by atoms with Crippen molar-refractivity contribution in [3.63, 3.8) is 0 Å². The summed E-state index contributed by atoms with van der Waals surface area (Å²) in [6.45, 7) is 4.68. The summed E-state index contributed by atoms with van der Waals surface area (Å²) in [6, 6.07) is 9.29. The van der Waals surface area contributed by atoms with Gasteiger partial charge in [0.15, 0.2) is 0 Å². The number of aryl methyl sites for hydroxylation is 1. The summed E-state index contributed by atoms with van der Waals surface area (Å²) in [5.41, 5.74) is 4.30. The highest BCUT2D eigenvalue weighted by Gasteiger charge is 2.25. The van der Waals surface area contributed by atoms with E-state index in [1.807, 2.05) is 0 Å². The second-order valence-electron chi connectivity index (χ2n) is 8.09. The number of allylic oxidation sites excluding steroid dienone is 4. The summed E-state index contributed by atoms with van der Waals surface area (Å²) in [5.74, 6) is 2.67. The molecule has 1 fully saturated rings. The van der Waals surface area contributed by atoms with Gasteiger partial charge < -0.3 is 0 Å². The Kier molecular flexibility index (Phi) is 6.35. The molecule has 0 heteroatoms. The van der Waals surface area contributed by atoms with Crippen LogP contribution in [0.4, 0.5) is 0 Å². The third-order valence-electron chi connectivity index (χ3n) is 6.16. The van der Waals surface area contributed by atoms with Crippen LogP contribution in [-0.2, 0) is 6.42 Å². The van der Waals surface area contributed by atoms with Crippen molar-refractivity contribution in [2.75, 3.05) is 0 Å². The molecule has 2 aliphatic rings. The number of hydrogen-bond donors (Lipinski definition) is 0. The van der Waals surface area contributed by atoms with Crippen LogP contribution in [0.25, 0.3) is 5.57 Å². The van der Waals surface area contributed by atoms with Gasteiger partial charge in [0, 0.05) is 0 Å². The predicted molar refractivity (Wildman–Crippen MR) is 106 cm³/mol. The van der Waals surface area contributed by atoms with Gasteiger partial charge in [0.2, 0.25) is 0 Å². The fraction of sp³-hybridized carbons (Fsp3) is 0.583. The first kappa shape index (κ1) is 17.5. The van der Waals surface area contributed by atoms with Crippen LogP contribution < -0.4 is 0 Å². The molecule has 130 valence electrons. The van der Waals surface area contributed by atoms with Crippen molar-refractivity contribution in [2.24, 2.45) is 17.8 Å². The quantitative estimate of drug-likeness (QED) is 0.485. The lowest BCUT2D eigenvalue weighted by Gasteiger charge is -2.32. The molecule has 0 bridgehead atoms. The average Bonchev–Trinajstić information content (AvgIpc) is 2.63. The first-order valence-corrected chi connectivity index (χ1v) is 10.2. The summed E-state index contributed by atoms with van der Waals surface area (Å²) < 4.78 is 0. The second kappa shape index (κ2) is 8.70. The minimum Gasteiger partial charge on any atom is -0.0802 e. The fourth-order valence-corrected chi connectivity index (χ4v) is 4.36. The summed E-state index contributed by atoms with van der Waals surface area (Å²) in [4.78, 5) is 0. The molecule has 0 aliphatic heterocycles. The highest BCUT2D eigenvalue weighted by atomic mass is 14.3. The van der Waals surface area contributed by atoms with Crippen LogP contribution in [-0.4, -0.2) is 0 Å². The van der Waals surface area contributed by atoms with Gasteiger partial charge >= 0.3 is 0 Å². The Balaban J connectivity index is 1.54. The molecule has 0 N–H and O–H groups in total. The monoisotopic (exact) mass is 322 g/mol. The van der Waals surface area contributed by atoms with E-state index in [2.05, 4.69) is 56.3 Å². The SMILES string of the molecule is CCCCCc1ccc(C2=CCC([C@H]3CC[C@H](C)CC3)C=C2)cc1. The molecule has 0 amide bonds. The van der Waals surface area contributed by atoms with Crippen molar-refractivity contribution in [1.29, 1.82) is 0 Å². The van der Waals surface area contributed by atoms with Gasteiger partial charge in [-0.2, -0.15) is 0 Å². The molecule has 1 aromatic rings. The number of rotatable bonds is 6. The molecule has 1 atom stereocenters. The Labute approximate surface area is 149 Å².